The van der Waals surface area contributed by atoms with Crippen molar-refractivity contribution < 1.29 is 13.9 Å². The number of amides is 1. The molecule has 0 aromatic rings. The molecular formula is C10H18FNO2. The molecule has 1 aliphatic rings. The SMILES string of the molecule is C[C@@H]1C[C@H](F)CN1C(=O)OC(C)(C)C. The van der Waals surface area contributed by atoms with Crippen LogP contribution in [0, 0.1) is 0 Å². The van der Waals surface area contributed by atoms with Crippen LogP contribution in [0.25, 0.3) is 0 Å². The van der Waals surface area contributed by atoms with Crippen LogP contribution >= 0.6 is 0 Å². The topological polar surface area (TPSA) is 29.5 Å². The van der Waals surface area contributed by atoms with Crippen molar-refractivity contribution in [2.45, 2.75) is 51.9 Å². The Bertz CT molecular complexity index is 225. The van der Waals surface area contributed by atoms with Crippen molar-refractivity contribution >= 4 is 6.09 Å². The number of hydrogen-bond acceptors (Lipinski definition) is 2. The van der Waals surface area contributed by atoms with Crippen LogP contribution in [0.2, 0.25) is 0 Å². The summed E-state index contributed by atoms with van der Waals surface area (Å²) in [5, 5.41) is 0. The van der Waals surface area contributed by atoms with Crippen LogP contribution in [0.5, 0.6) is 0 Å². The first kappa shape index (κ1) is 11.3. The Morgan fingerprint density at radius 3 is 2.43 bits per heavy atom. The fraction of sp³-hybridized carbons (Fsp3) is 0.900. The van der Waals surface area contributed by atoms with Crippen molar-refractivity contribution in [2.24, 2.45) is 0 Å². The number of nitrogens with zero attached hydrogens (tertiary/aromatic N) is 1. The summed E-state index contributed by atoms with van der Waals surface area (Å²) in [6, 6.07) is -0.0557. The van der Waals surface area contributed by atoms with Gasteiger partial charge in [-0.3, -0.25) is 0 Å². The molecule has 1 fully saturated rings. The second-order valence-corrected chi connectivity index (χ2v) is 4.81. The Morgan fingerprint density at radius 2 is 2.07 bits per heavy atom. The summed E-state index contributed by atoms with van der Waals surface area (Å²) in [5.74, 6) is 0. The average Bonchev–Trinajstić information content (AvgIpc) is 2.26. The minimum Gasteiger partial charge on any atom is -0.444 e. The van der Waals surface area contributed by atoms with Crippen LogP contribution in [-0.2, 0) is 4.74 Å². The van der Waals surface area contributed by atoms with Crippen molar-refractivity contribution in [1.29, 1.82) is 0 Å². The van der Waals surface area contributed by atoms with Crippen LogP contribution in [0.4, 0.5) is 9.18 Å². The maximum absolute atomic E-state index is 13.0. The Balaban J connectivity index is 2.53. The molecule has 1 aliphatic heterocycles. The van der Waals surface area contributed by atoms with E-state index in [1.807, 2.05) is 6.92 Å². The molecule has 3 nitrogen and oxygen atoms in total. The summed E-state index contributed by atoms with van der Waals surface area (Å²) in [5.41, 5.74) is -0.509. The number of carbonyl (C=O) groups excluding carboxylic acids is 1. The smallest absolute Gasteiger partial charge is 0.410 e. The first-order valence-electron chi connectivity index (χ1n) is 4.93. The van der Waals surface area contributed by atoms with E-state index in [0.29, 0.717) is 6.42 Å². The largest absolute Gasteiger partial charge is 0.444 e. The molecule has 0 unspecified atom stereocenters. The highest BCUT2D eigenvalue weighted by atomic mass is 19.1. The molecule has 1 rings (SSSR count). The highest BCUT2D eigenvalue weighted by Gasteiger charge is 2.34. The number of likely N-dealkylation sites (tertiary alicyclic amines) is 1. The van der Waals surface area contributed by atoms with E-state index < -0.39 is 17.9 Å². The molecule has 2 atom stereocenters. The lowest BCUT2D eigenvalue weighted by atomic mass is 10.2. The molecule has 0 saturated carbocycles. The number of halogens is 1. The minimum atomic E-state index is -0.905. The zero-order valence-corrected chi connectivity index (χ0v) is 9.21. The van der Waals surface area contributed by atoms with Gasteiger partial charge >= 0.3 is 6.09 Å². The third-order valence-electron chi connectivity index (χ3n) is 2.15. The van der Waals surface area contributed by atoms with E-state index in [4.69, 9.17) is 4.74 Å². The van der Waals surface area contributed by atoms with E-state index >= 15 is 0 Å². The summed E-state index contributed by atoms with van der Waals surface area (Å²) in [7, 11) is 0. The average molecular weight is 203 g/mol. The standard InChI is InChI=1S/C10H18FNO2/c1-7-5-8(11)6-12(7)9(13)14-10(2,3)4/h7-8H,5-6H2,1-4H3/t7-,8+/m1/s1. The summed E-state index contributed by atoms with van der Waals surface area (Å²) < 4.78 is 18.1. The van der Waals surface area contributed by atoms with Crippen LogP contribution in [0.1, 0.15) is 34.1 Å². The fourth-order valence-electron chi connectivity index (χ4n) is 1.54. The van der Waals surface area contributed by atoms with E-state index in [1.54, 1.807) is 20.8 Å². The lowest BCUT2D eigenvalue weighted by molar-refractivity contribution is 0.0230. The van der Waals surface area contributed by atoms with Crippen molar-refractivity contribution in [3.8, 4) is 0 Å². The molecule has 1 heterocycles. The summed E-state index contributed by atoms with van der Waals surface area (Å²) in [6.45, 7) is 7.41. The van der Waals surface area contributed by atoms with E-state index in [0.717, 1.165) is 0 Å². The Labute approximate surface area is 84.2 Å². The number of rotatable bonds is 0. The van der Waals surface area contributed by atoms with Gasteiger partial charge in [0.1, 0.15) is 11.8 Å². The summed E-state index contributed by atoms with van der Waals surface area (Å²) in [4.78, 5) is 13.0. The zero-order valence-electron chi connectivity index (χ0n) is 9.21. The first-order chi connectivity index (χ1) is 6.29. The highest BCUT2D eigenvalue weighted by Crippen LogP contribution is 2.22. The molecule has 0 radical (unpaired) electrons. The predicted molar refractivity (Wildman–Crippen MR) is 51.9 cm³/mol. The summed E-state index contributed by atoms with van der Waals surface area (Å²) in [6.07, 6.45) is -0.901. The van der Waals surface area contributed by atoms with E-state index in [1.165, 1.54) is 4.90 Å². The van der Waals surface area contributed by atoms with Crippen molar-refractivity contribution in [1.82, 2.24) is 4.90 Å². The first-order valence-corrected chi connectivity index (χ1v) is 4.93. The fourth-order valence-corrected chi connectivity index (χ4v) is 1.54. The maximum Gasteiger partial charge on any atom is 0.410 e. The van der Waals surface area contributed by atoms with Crippen molar-refractivity contribution in [3.05, 3.63) is 0 Å². The van der Waals surface area contributed by atoms with Gasteiger partial charge in [-0.05, 0) is 27.7 Å². The lowest BCUT2D eigenvalue weighted by Crippen LogP contribution is -2.38. The van der Waals surface area contributed by atoms with Gasteiger partial charge in [0.15, 0.2) is 0 Å². The van der Waals surface area contributed by atoms with E-state index in [2.05, 4.69) is 0 Å². The lowest BCUT2D eigenvalue weighted by Gasteiger charge is -2.26. The molecule has 0 spiro atoms. The molecule has 0 aromatic heterocycles. The molecule has 1 saturated heterocycles. The number of carbonyl (C=O) groups is 1. The van der Waals surface area contributed by atoms with Gasteiger partial charge in [0.2, 0.25) is 0 Å². The van der Waals surface area contributed by atoms with Crippen molar-refractivity contribution in [2.75, 3.05) is 6.54 Å². The van der Waals surface area contributed by atoms with Gasteiger partial charge < -0.3 is 9.64 Å². The Morgan fingerprint density at radius 1 is 1.50 bits per heavy atom. The quantitative estimate of drug-likeness (QED) is 0.604. The Hall–Kier alpha value is -0.800. The van der Waals surface area contributed by atoms with Gasteiger partial charge in [-0.25, -0.2) is 9.18 Å². The second kappa shape index (κ2) is 3.75. The van der Waals surface area contributed by atoms with Gasteiger partial charge in [-0.1, -0.05) is 0 Å². The number of hydrogen-bond donors (Lipinski definition) is 0. The Kier molecular flexibility index (Phi) is 3.02. The molecule has 0 aliphatic carbocycles. The van der Waals surface area contributed by atoms with Gasteiger partial charge in [0.05, 0.1) is 6.54 Å². The van der Waals surface area contributed by atoms with Crippen LogP contribution in [-0.4, -0.2) is 35.4 Å². The normalized spacial score (nSPS) is 27.9. The highest BCUT2D eigenvalue weighted by molar-refractivity contribution is 5.69. The van der Waals surface area contributed by atoms with Gasteiger partial charge in [0.25, 0.3) is 0 Å². The van der Waals surface area contributed by atoms with Gasteiger partial charge in [-0.2, -0.15) is 0 Å². The molecule has 4 heteroatoms. The minimum absolute atomic E-state index is 0.0557. The third-order valence-corrected chi connectivity index (χ3v) is 2.15. The molecular weight excluding hydrogens is 185 g/mol. The van der Waals surface area contributed by atoms with Gasteiger partial charge in [-0.15, -0.1) is 0 Å². The van der Waals surface area contributed by atoms with Crippen LogP contribution in [0.15, 0.2) is 0 Å². The van der Waals surface area contributed by atoms with Crippen LogP contribution < -0.4 is 0 Å². The molecule has 82 valence electrons. The monoisotopic (exact) mass is 203 g/mol. The van der Waals surface area contributed by atoms with E-state index in [-0.39, 0.29) is 12.6 Å². The van der Waals surface area contributed by atoms with E-state index in [9.17, 15) is 9.18 Å². The summed E-state index contributed by atoms with van der Waals surface area (Å²) >= 11 is 0. The van der Waals surface area contributed by atoms with Crippen molar-refractivity contribution in [3.63, 3.8) is 0 Å². The van der Waals surface area contributed by atoms with Crippen LogP contribution in [0.3, 0.4) is 0 Å². The third kappa shape index (κ3) is 2.86. The molecule has 0 bridgehead atoms. The zero-order chi connectivity index (χ0) is 10.9. The molecule has 1 amide bonds. The van der Waals surface area contributed by atoms with Gasteiger partial charge in [0, 0.05) is 12.5 Å². The molecule has 14 heavy (non-hydrogen) atoms. The number of ether oxygens (including phenoxy) is 1. The second-order valence-electron chi connectivity index (χ2n) is 4.81. The maximum atomic E-state index is 13.0. The molecule has 0 aromatic carbocycles. The predicted octanol–water partition coefficient (Wildman–Crippen LogP) is 2.35. The number of alkyl halides is 1. The molecule has 0 N–H and O–H groups in total.